The Labute approximate surface area is 111 Å². The van der Waals surface area contributed by atoms with Gasteiger partial charge in [-0.15, -0.1) is 0 Å². The number of nitrogens with zero attached hydrogens (tertiary/aromatic N) is 2. The van der Waals surface area contributed by atoms with Crippen LogP contribution in [0.4, 0.5) is 0 Å². The van der Waals surface area contributed by atoms with Crippen molar-refractivity contribution in [2.45, 2.75) is 12.6 Å². The molecule has 1 unspecified atom stereocenters. The van der Waals surface area contributed by atoms with Gasteiger partial charge in [0.15, 0.2) is 0 Å². The van der Waals surface area contributed by atoms with Crippen molar-refractivity contribution < 1.29 is 24.5 Å². The highest BCUT2D eigenvalue weighted by atomic mass is 16.5. The molecule has 19 heavy (non-hydrogen) atoms. The number of carbonyl (C=O) groups excluding carboxylic acids is 1. The van der Waals surface area contributed by atoms with Gasteiger partial charge < -0.3 is 24.4 Å². The molecule has 0 aliphatic heterocycles. The molecule has 1 aromatic heterocycles. The third-order valence-corrected chi connectivity index (χ3v) is 2.54. The summed E-state index contributed by atoms with van der Waals surface area (Å²) in [5.74, 6) is -1.37. The van der Waals surface area contributed by atoms with Gasteiger partial charge in [-0.25, -0.2) is 0 Å². The molecule has 2 N–H and O–H groups in total. The molecule has 106 valence electrons. The van der Waals surface area contributed by atoms with Crippen LogP contribution in [0.2, 0.25) is 0 Å². The number of hydrogen-bond donors (Lipinski definition) is 2. The van der Waals surface area contributed by atoms with Gasteiger partial charge in [-0.05, 0) is 12.1 Å². The van der Waals surface area contributed by atoms with Crippen LogP contribution in [0.1, 0.15) is 10.5 Å². The number of carboxylic acid groups (broad SMARTS) is 1. The molecule has 1 heterocycles. The van der Waals surface area contributed by atoms with Crippen molar-refractivity contribution in [2.24, 2.45) is 0 Å². The van der Waals surface area contributed by atoms with Crippen LogP contribution >= 0.6 is 0 Å². The van der Waals surface area contributed by atoms with Gasteiger partial charge >= 0.3 is 5.97 Å². The summed E-state index contributed by atoms with van der Waals surface area (Å²) in [4.78, 5) is 24.1. The second-order valence-corrected chi connectivity index (χ2v) is 4.21. The van der Waals surface area contributed by atoms with Gasteiger partial charge in [-0.1, -0.05) is 0 Å². The molecule has 0 fully saturated rings. The molecule has 0 aromatic carbocycles. The van der Waals surface area contributed by atoms with Gasteiger partial charge in [0, 0.05) is 26.9 Å². The molecular formula is C12H18N2O5. The van der Waals surface area contributed by atoms with Gasteiger partial charge in [0.2, 0.25) is 0 Å². The van der Waals surface area contributed by atoms with Crippen molar-refractivity contribution in [3.05, 3.63) is 24.0 Å². The Kier molecular flexibility index (Phi) is 5.53. The fourth-order valence-electron chi connectivity index (χ4n) is 1.73. The average molecular weight is 270 g/mol. The zero-order valence-corrected chi connectivity index (χ0v) is 10.9. The van der Waals surface area contributed by atoms with E-state index in [0.29, 0.717) is 0 Å². The molecule has 1 amide bonds. The molecule has 0 bridgehead atoms. The average Bonchev–Trinajstić information content (AvgIpc) is 2.75. The number of carboxylic acids is 1. The third kappa shape index (κ3) is 4.38. The van der Waals surface area contributed by atoms with Crippen LogP contribution in [0, 0.1) is 0 Å². The fraction of sp³-hybridized carbons (Fsp3) is 0.500. The van der Waals surface area contributed by atoms with Gasteiger partial charge in [-0.2, -0.15) is 0 Å². The number of hydrogen-bond acceptors (Lipinski definition) is 4. The van der Waals surface area contributed by atoms with E-state index in [1.54, 1.807) is 19.2 Å². The van der Waals surface area contributed by atoms with Crippen molar-refractivity contribution in [2.75, 3.05) is 27.3 Å². The minimum Gasteiger partial charge on any atom is -0.480 e. The van der Waals surface area contributed by atoms with E-state index in [1.165, 1.54) is 22.8 Å². The minimum atomic E-state index is -1.02. The summed E-state index contributed by atoms with van der Waals surface area (Å²) in [6.45, 7) is -0.0266. The number of methoxy groups -OCH3 is 1. The Bertz CT molecular complexity index is 443. The zero-order chi connectivity index (χ0) is 14.4. The lowest BCUT2D eigenvalue weighted by Gasteiger charge is -2.21. The maximum atomic E-state index is 12.1. The van der Waals surface area contributed by atoms with Crippen molar-refractivity contribution in [1.82, 2.24) is 9.47 Å². The van der Waals surface area contributed by atoms with E-state index in [0.717, 1.165) is 0 Å². The Morgan fingerprint density at radius 2 is 2.21 bits per heavy atom. The van der Waals surface area contributed by atoms with E-state index in [9.17, 15) is 14.7 Å². The molecule has 1 atom stereocenters. The summed E-state index contributed by atoms with van der Waals surface area (Å²) >= 11 is 0. The van der Waals surface area contributed by atoms with Gasteiger partial charge in [0.25, 0.3) is 5.91 Å². The first-order chi connectivity index (χ1) is 8.95. The summed E-state index contributed by atoms with van der Waals surface area (Å²) in [7, 11) is 3.00. The number of amides is 1. The number of ether oxygens (including phenoxy) is 1. The highest BCUT2D eigenvalue weighted by Crippen LogP contribution is 2.06. The lowest BCUT2D eigenvalue weighted by atomic mass is 10.3. The maximum Gasteiger partial charge on any atom is 0.323 e. The molecule has 0 aliphatic rings. The molecule has 7 heteroatoms. The van der Waals surface area contributed by atoms with Crippen LogP contribution in [-0.2, 0) is 16.1 Å². The van der Waals surface area contributed by atoms with Crippen LogP contribution < -0.4 is 0 Å². The highest BCUT2D eigenvalue weighted by Gasteiger charge is 2.19. The second kappa shape index (κ2) is 6.91. The number of likely N-dealkylation sites (N-methyl/N-ethyl adjacent to an activating group) is 1. The standard InChI is InChI=1S/C12H18N2O5/c1-13(6-9(15)8-19-2)12(18)10-4-3-5-14(10)7-11(16)17/h3-5,9,15H,6-8H2,1-2H3,(H,16,17). The monoisotopic (exact) mass is 270 g/mol. The van der Waals surface area contributed by atoms with Gasteiger partial charge in [0.05, 0.1) is 12.7 Å². The first kappa shape index (κ1) is 15.2. The molecule has 1 rings (SSSR count). The normalized spacial score (nSPS) is 12.2. The minimum absolute atomic E-state index is 0.116. The quantitative estimate of drug-likeness (QED) is 0.706. The molecule has 0 saturated carbocycles. The van der Waals surface area contributed by atoms with Crippen LogP contribution in [0.25, 0.3) is 0 Å². The van der Waals surface area contributed by atoms with Crippen LogP contribution in [0.15, 0.2) is 18.3 Å². The fourth-order valence-corrected chi connectivity index (χ4v) is 1.73. The molecule has 0 spiro atoms. The summed E-state index contributed by atoms with van der Waals surface area (Å²) in [6, 6.07) is 3.15. The largest absolute Gasteiger partial charge is 0.480 e. The van der Waals surface area contributed by atoms with Crippen LogP contribution in [-0.4, -0.2) is 65.0 Å². The Morgan fingerprint density at radius 1 is 1.53 bits per heavy atom. The Hall–Kier alpha value is -1.86. The molecule has 7 nitrogen and oxygen atoms in total. The number of aliphatic hydroxyl groups is 1. The summed E-state index contributed by atoms with van der Waals surface area (Å²) < 4.78 is 6.13. The zero-order valence-electron chi connectivity index (χ0n) is 10.9. The third-order valence-electron chi connectivity index (χ3n) is 2.54. The van der Waals surface area contributed by atoms with Crippen molar-refractivity contribution in [1.29, 1.82) is 0 Å². The maximum absolute atomic E-state index is 12.1. The Balaban J connectivity index is 2.71. The first-order valence-electron chi connectivity index (χ1n) is 5.75. The first-order valence-corrected chi connectivity index (χ1v) is 5.75. The molecule has 0 aliphatic carbocycles. The van der Waals surface area contributed by atoms with E-state index < -0.39 is 12.1 Å². The van der Waals surface area contributed by atoms with E-state index in [4.69, 9.17) is 9.84 Å². The molecular weight excluding hydrogens is 252 g/mol. The lowest BCUT2D eigenvalue weighted by Crippen LogP contribution is -2.37. The highest BCUT2D eigenvalue weighted by molar-refractivity contribution is 5.93. The number of aliphatic hydroxyl groups excluding tert-OH is 1. The van der Waals surface area contributed by atoms with Crippen molar-refractivity contribution >= 4 is 11.9 Å². The van der Waals surface area contributed by atoms with E-state index in [1.807, 2.05) is 0 Å². The van der Waals surface area contributed by atoms with Gasteiger partial charge in [-0.3, -0.25) is 9.59 Å². The second-order valence-electron chi connectivity index (χ2n) is 4.21. The number of aromatic nitrogens is 1. The van der Waals surface area contributed by atoms with Crippen LogP contribution in [0.5, 0.6) is 0 Å². The van der Waals surface area contributed by atoms with Crippen LogP contribution in [0.3, 0.4) is 0 Å². The van der Waals surface area contributed by atoms with Crippen molar-refractivity contribution in [3.63, 3.8) is 0 Å². The molecule has 0 saturated heterocycles. The number of rotatable bonds is 7. The SMILES string of the molecule is COCC(O)CN(C)C(=O)c1cccn1CC(=O)O. The predicted octanol–water partition coefficient (Wildman–Crippen LogP) is -0.348. The van der Waals surface area contributed by atoms with Crippen molar-refractivity contribution in [3.8, 4) is 0 Å². The lowest BCUT2D eigenvalue weighted by molar-refractivity contribution is -0.137. The van der Waals surface area contributed by atoms with E-state index in [2.05, 4.69) is 0 Å². The van der Waals surface area contributed by atoms with E-state index >= 15 is 0 Å². The van der Waals surface area contributed by atoms with Gasteiger partial charge in [0.1, 0.15) is 12.2 Å². The topological polar surface area (TPSA) is 92.0 Å². The summed E-state index contributed by atoms with van der Waals surface area (Å²) in [5.41, 5.74) is 0.273. The molecule has 1 aromatic rings. The predicted molar refractivity (Wildman–Crippen MR) is 66.9 cm³/mol. The summed E-state index contributed by atoms with van der Waals surface area (Å²) in [5, 5.41) is 18.3. The smallest absolute Gasteiger partial charge is 0.323 e. The Morgan fingerprint density at radius 3 is 2.79 bits per heavy atom. The number of aliphatic carboxylic acids is 1. The number of carbonyl (C=O) groups is 2. The van der Waals surface area contributed by atoms with E-state index in [-0.39, 0.29) is 31.3 Å². The molecule has 0 radical (unpaired) electrons. The summed E-state index contributed by atoms with van der Waals surface area (Å²) in [6.07, 6.45) is 0.752.